The van der Waals surface area contributed by atoms with E-state index in [-0.39, 0.29) is 11.9 Å². The summed E-state index contributed by atoms with van der Waals surface area (Å²) in [7, 11) is 1.85. The molecular formula is C17H17ClN6O. The number of fused-ring (bicyclic) bond motifs is 1. The van der Waals surface area contributed by atoms with Gasteiger partial charge in [-0.25, -0.2) is 9.97 Å². The summed E-state index contributed by atoms with van der Waals surface area (Å²) in [6.07, 6.45) is 2.17. The van der Waals surface area contributed by atoms with Gasteiger partial charge < -0.3 is 5.32 Å². The zero-order chi connectivity index (χ0) is 17.6. The molecule has 1 aliphatic rings. The van der Waals surface area contributed by atoms with Crippen molar-refractivity contribution in [2.75, 3.05) is 16.8 Å². The average molecular weight is 357 g/mol. The molecule has 3 heterocycles. The molecule has 1 fully saturated rings. The maximum atomic E-state index is 12.8. The molecule has 1 aromatic carbocycles. The summed E-state index contributed by atoms with van der Waals surface area (Å²) in [5.74, 6) is 1.47. The molecule has 0 bridgehead atoms. The first kappa shape index (κ1) is 15.8. The van der Waals surface area contributed by atoms with Crippen LogP contribution in [0.5, 0.6) is 0 Å². The van der Waals surface area contributed by atoms with Crippen molar-refractivity contribution < 1.29 is 4.79 Å². The number of nitrogens with zero attached hydrogens (tertiary/aromatic N) is 5. The lowest BCUT2D eigenvalue weighted by Gasteiger charge is -2.17. The normalized spacial score (nSPS) is 17.5. The molecule has 1 saturated heterocycles. The number of nitrogens with one attached hydrogen (secondary N) is 1. The Morgan fingerprint density at radius 2 is 2.12 bits per heavy atom. The lowest BCUT2D eigenvalue weighted by molar-refractivity contribution is -0.117. The molecule has 0 spiro atoms. The number of hydrogen-bond acceptors (Lipinski definition) is 5. The van der Waals surface area contributed by atoms with Crippen LogP contribution in [0.15, 0.2) is 30.6 Å². The topological polar surface area (TPSA) is 75.9 Å². The van der Waals surface area contributed by atoms with Gasteiger partial charge in [-0.1, -0.05) is 11.6 Å². The number of carbonyl (C=O) groups excluding carboxylic acids is 1. The molecular weight excluding hydrogens is 340 g/mol. The number of aryl methyl sites for hydroxylation is 2. The van der Waals surface area contributed by atoms with Gasteiger partial charge in [0.1, 0.15) is 24.0 Å². The molecule has 1 aliphatic heterocycles. The maximum Gasteiger partial charge on any atom is 0.250 e. The third-order valence-corrected chi connectivity index (χ3v) is 4.60. The number of anilines is 2. The van der Waals surface area contributed by atoms with Crippen LogP contribution >= 0.6 is 11.6 Å². The van der Waals surface area contributed by atoms with Crippen LogP contribution in [-0.2, 0) is 11.8 Å². The number of carbonyl (C=O) groups is 1. The fourth-order valence-corrected chi connectivity index (χ4v) is 3.37. The van der Waals surface area contributed by atoms with Crippen molar-refractivity contribution >= 4 is 40.0 Å². The number of halogens is 1. The predicted octanol–water partition coefficient (Wildman–Crippen LogP) is 2.54. The minimum absolute atomic E-state index is 0.0173. The van der Waals surface area contributed by atoms with Gasteiger partial charge in [0, 0.05) is 30.1 Å². The molecule has 0 saturated carbocycles. The first-order valence-corrected chi connectivity index (χ1v) is 8.39. The highest BCUT2D eigenvalue weighted by Gasteiger charge is 2.34. The number of aromatic nitrogens is 4. The summed E-state index contributed by atoms with van der Waals surface area (Å²) >= 11 is 6.02. The van der Waals surface area contributed by atoms with Crippen LogP contribution in [0.25, 0.3) is 10.9 Å². The molecule has 2 aromatic heterocycles. The van der Waals surface area contributed by atoms with Crippen LogP contribution < -0.4 is 10.2 Å². The van der Waals surface area contributed by atoms with E-state index in [9.17, 15) is 4.79 Å². The summed E-state index contributed by atoms with van der Waals surface area (Å²) in [5, 5.41) is 9.04. The average Bonchev–Trinajstić information content (AvgIpc) is 3.09. The fraction of sp³-hybridized carbons (Fsp3) is 0.294. The van der Waals surface area contributed by atoms with Crippen molar-refractivity contribution in [1.82, 2.24) is 19.7 Å². The second-order valence-electron chi connectivity index (χ2n) is 6.13. The zero-order valence-electron chi connectivity index (χ0n) is 13.9. The molecule has 25 heavy (non-hydrogen) atoms. The fourth-order valence-electron chi connectivity index (χ4n) is 3.20. The first-order valence-electron chi connectivity index (χ1n) is 8.02. The second kappa shape index (κ2) is 6.00. The van der Waals surface area contributed by atoms with Crippen molar-refractivity contribution in [3.63, 3.8) is 0 Å². The minimum atomic E-state index is -0.330. The van der Waals surface area contributed by atoms with Gasteiger partial charge in [0.2, 0.25) is 0 Å². The Kier molecular flexibility index (Phi) is 3.80. The third kappa shape index (κ3) is 2.80. The van der Waals surface area contributed by atoms with E-state index >= 15 is 0 Å². The van der Waals surface area contributed by atoms with Crippen molar-refractivity contribution in [3.8, 4) is 0 Å². The SMILES string of the molecule is Cc1cc(N2CCC(Nc3ncnc4cc(Cl)ccc34)C2=O)n(C)n1. The lowest BCUT2D eigenvalue weighted by atomic mass is 10.2. The van der Waals surface area contributed by atoms with Gasteiger partial charge in [-0.2, -0.15) is 5.10 Å². The third-order valence-electron chi connectivity index (χ3n) is 4.37. The Morgan fingerprint density at radius 1 is 1.28 bits per heavy atom. The molecule has 1 amide bonds. The van der Waals surface area contributed by atoms with E-state index in [1.54, 1.807) is 21.7 Å². The van der Waals surface area contributed by atoms with Crippen LogP contribution in [0, 0.1) is 6.92 Å². The monoisotopic (exact) mass is 356 g/mol. The molecule has 1 atom stereocenters. The Bertz CT molecular complexity index is 969. The predicted molar refractivity (Wildman–Crippen MR) is 96.9 cm³/mol. The second-order valence-corrected chi connectivity index (χ2v) is 6.56. The van der Waals surface area contributed by atoms with Gasteiger partial charge in [-0.3, -0.25) is 14.4 Å². The van der Waals surface area contributed by atoms with Crippen molar-refractivity contribution in [3.05, 3.63) is 41.3 Å². The maximum absolute atomic E-state index is 12.8. The zero-order valence-corrected chi connectivity index (χ0v) is 14.7. The molecule has 0 aliphatic carbocycles. The standard InChI is InChI=1S/C17H17ClN6O/c1-10-7-15(23(2)22-10)24-6-5-13(17(24)25)21-16-12-4-3-11(18)8-14(12)19-9-20-16/h3-4,7-9,13H,5-6H2,1-2H3,(H,19,20,21). The Labute approximate surface area is 149 Å². The smallest absolute Gasteiger partial charge is 0.250 e. The number of hydrogen-bond donors (Lipinski definition) is 1. The van der Waals surface area contributed by atoms with E-state index in [1.165, 1.54) is 6.33 Å². The Morgan fingerprint density at radius 3 is 2.88 bits per heavy atom. The largest absolute Gasteiger partial charge is 0.358 e. The number of benzene rings is 1. The highest BCUT2D eigenvalue weighted by molar-refractivity contribution is 6.31. The molecule has 128 valence electrons. The van der Waals surface area contributed by atoms with Gasteiger partial charge in [-0.15, -0.1) is 0 Å². The van der Waals surface area contributed by atoms with Crippen molar-refractivity contribution in [1.29, 1.82) is 0 Å². The van der Waals surface area contributed by atoms with Gasteiger partial charge in [0.25, 0.3) is 5.91 Å². The van der Waals surface area contributed by atoms with Crippen LogP contribution in [0.4, 0.5) is 11.6 Å². The summed E-state index contributed by atoms with van der Waals surface area (Å²) in [5.41, 5.74) is 1.63. The van der Waals surface area contributed by atoms with E-state index in [4.69, 9.17) is 11.6 Å². The van der Waals surface area contributed by atoms with Crippen LogP contribution in [0.2, 0.25) is 5.02 Å². The quantitative estimate of drug-likeness (QED) is 0.780. The Hall–Kier alpha value is -2.67. The van der Waals surface area contributed by atoms with Crippen molar-refractivity contribution in [2.45, 2.75) is 19.4 Å². The van der Waals surface area contributed by atoms with Gasteiger partial charge >= 0.3 is 0 Å². The van der Waals surface area contributed by atoms with E-state index < -0.39 is 0 Å². The van der Waals surface area contributed by atoms with E-state index in [1.807, 2.05) is 26.1 Å². The van der Waals surface area contributed by atoms with Crippen LogP contribution in [0.3, 0.4) is 0 Å². The summed E-state index contributed by atoms with van der Waals surface area (Å²) in [6, 6.07) is 7.03. The van der Waals surface area contributed by atoms with E-state index in [0.717, 1.165) is 22.4 Å². The molecule has 1 N–H and O–H groups in total. The molecule has 8 heteroatoms. The van der Waals surface area contributed by atoms with Gasteiger partial charge in [0.05, 0.1) is 11.2 Å². The highest BCUT2D eigenvalue weighted by Crippen LogP contribution is 2.27. The van der Waals surface area contributed by atoms with E-state index in [0.29, 0.717) is 23.8 Å². The van der Waals surface area contributed by atoms with E-state index in [2.05, 4.69) is 20.4 Å². The molecule has 4 rings (SSSR count). The Balaban J connectivity index is 1.60. The van der Waals surface area contributed by atoms with Crippen molar-refractivity contribution in [2.24, 2.45) is 7.05 Å². The van der Waals surface area contributed by atoms with Gasteiger partial charge in [-0.05, 0) is 31.5 Å². The molecule has 3 aromatic rings. The van der Waals surface area contributed by atoms with Gasteiger partial charge in [0.15, 0.2) is 0 Å². The summed E-state index contributed by atoms with van der Waals surface area (Å²) < 4.78 is 1.73. The highest BCUT2D eigenvalue weighted by atomic mass is 35.5. The molecule has 1 unspecified atom stereocenters. The number of rotatable bonds is 3. The lowest BCUT2D eigenvalue weighted by Crippen LogP contribution is -2.34. The first-order chi connectivity index (χ1) is 12.0. The van der Waals surface area contributed by atoms with Crippen LogP contribution in [-0.4, -0.2) is 38.2 Å². The summed E-state index contributed by atoms with van der Waals surface area (Å²) in [4.78, 5) is 23.1. The summed E-state index contributed by atoms with van der Waals surface area (Å²) in [6.45, 7) is 2.56. The van der Waals surface area contributed by atoms with Crippen LogP contribution in [0.1, 0.15) is 12.1 Å². The molecule has 7 nitrogen and oxygen atoms in total. The number of amides is 1. The minimum Gasteiger partial charge on any atom is -0.358 e. The molecule has 0 radical (unpaired) electrons.